The number of halogens is 1. The van der Waals surface area contributed by atoms with Crippen LogP contribution in [0.4, 0.5) is 4.39 Å². The maximum absolute atomic E-state index is 14.1. The Balaban J connectivity index is 1.23. The van der Waals surface area contributed by atoms with E-state index in [-0.39, 0.29) is 36.3 Å². The minimum Gasteiger partial charge on any atom is -0.369 e. The molecule has 3 atom stereocenters. The molecule has 2 N–H and O–H groups in total. The third-order valence-corrected chi connectivity index (χ3v) is 7.06. The van der Waals surface area contributed by atoms with Gasteiger partial charge in [-0.05, 0) is 50.3 Å². The van der Waals surface area contributed by atoms with Crippen molar-refractivity contribution in [1.82, 2.24) is 20.1 Å². The number of rotatable bonds is 3. The number of carbonyl (C=O) groups excluding carboxylic acids is 2. The van der Waals surface area contributed by atoms with E-state index in [2.05, 4.69) is 15.2 Å². The number of hydrogen-bond acceptors (Lipinski definition) is 4. The SMILES string of the molecule is Cc1ccc(F)c2cc(C(=O)N[C@@H]3CCC[C@@H](N4CCN5C(=O)COCC5C4)C3)[nH]c12. The largest absolute Gasteiger partial charge is 0.369 e. The number of aryl methyl sites for hydroxylation is 1. The molecule has 5 rings (SSSR count). The van der Waals surface area contributed by atoms with Crippen LogP contribution in [0.1, 0.15) is 41.7 Å². The Bertz CT molecular complexity index is 967. The molecule has 1 aliphatic carbocycles. The second-order valence-electron chi connectivity index (χ2n) is 9.08. The lowest BCUT2D eigenvalue weighted by molar-refractivity contribution is -0.153. The molecule has 3 heterocycles. The van der Waals surface area contributed by atoms with Crippen LogP contribution in [0.3, 0.4) is 0 Å². The molecule has 7 nitrogen and oxygen atoms in total. The summed E-state index contributed by atoms with van der Waals surface area (Å²) in [6.45, 7) is 5.15. The van der Waals surface area contributed by atoms with Gasteiger partial charge in [0.2, 0.25) is 5.91 Å². The Morgan fingerprint density at radius 3 is 2.97 bits per heavy atom. The van der Waals surface area contributed by atoms with Gasteiger partial charge in [0.05, 0.1) is 18.2 Å². The molecule has 0 bridgehead atoms. The minimum atomic E-state index is -0.321. The number of morpholine rings is 1. The first-order chi connectivity index (χ1) is 15.0. The lowest BCUT2D eigenvalue weighted by Crippen LogP contribution is -2.62. The third-order valence-electron chi connectivity index (χ3n) is 7.06. The van der Waals surface area contributed by atoms with Gasteiger partial charge in [-0.25, -0.2) is 4.39 Å². The van der Waals surface area contributed by atoms with Gasteiger partial charge in [-0.3, -0.25) is 14.5 Å². The van der Waals surface area contributed by atoms with E-state index in [9.17, 15) is 14.0 Å². The van der Waals surface area contributed by atoms with E-state index in [0.717, 1.165) is 50.9 Å². The van der Waals surface area contributed by atoms with E-state index in [1.165, 1.54) is 6.07 Å². The van der Waals surface area contributed by atoms with Crippen molar-refractivity contribution in [2.45, 2.75) is 50.7 Å². The molecule has 1 aromatic carbocycles. The van der Waals surface area contributed by atoms with E-state index in [1.807, 2.05) is 11.8 Å². The molecule has 2 saturated heterocycles. The first-order valence-electron chi connectivity index (χ1n) is 11.2. The number of nitrogens with one attached hydrogen (secondary N) is 2. The van der Waals surface area contributed by atoms with Crippen molar-refractivity contribution in [3.8, 4) is 0 Å². The van der Waals surface area contributed by atoms with Gasteiger partial charge in [0.25, 0.3) is 5.91 Å². The predicted molar refractivity (Wildman–Crippen MR) is 114 cm³/mol. The fourth-order valence-electron chi connectivity index (χ4n) is 5.38. The molecule has 1 saturated carbocycles. The molecule has 0 radical (unpaired) electrons. The van der Waals surface area contributed by atoms with Crippen molar-refractivity contribution < 1.29 is 18.7 Å². The lowest BCUT2D eigenvalue weighted by atomic mass is 9.89. The van der Waals surface area contributed by atoms with Gasteiger partial charge >= 0.3 is 0 Å². The van der Waals surface area contributed by atoms with E-state index >= 15 is 0 Å². The van der Waals surface area contributed by atoms with E-state index in [4.69, 9.17) is 4.74 Å². The zero-order chi connectivity index (χ0) is 21.5. The van der Waals surface area contributed by atoms with E-state index < -0.39 is 0 Å². The summed E-state index contributed by atoms with van der Waals surface area (Å²) < 4.78 is 19.6. The Labute approximate surface area is 180 Å². The second-order valence-corrected chi connectivity index (χ2v) is 9.08. The zero-order valence-corrected chi connectivity index (χ0v) is 17.8. The fraction of sp³-hybridized carbons (Fsp3) is 0.565. The number of carbonyl (C=O) groups is 2. The van der Waals surface area contributed by atoms with Gasteiger partial charge in [0, 0.05) is 37.1 Å². The van der Waals surface area contributed by atoms with Crippen LogP contribution in [0.2, 0.25) is 0 Å². The fourth-order valence-corrected chi connectivity index (χ4v) is 5.38. The Kier molecular flexibility index (Phi) is 5.44. The molecule has 0 spiro atoms. The van der Waals surface area contributed by atoms with Crippen molar-refractivity contribution in [2.24, 2.45) is 0 Å². The number of aromatic nitrogens is 1. The van der Waals surface area contributed by atoms with Crippen LogP contribution in [-0.2, 0) is 9.53 Å². The molecule has 1 aromatic heterocycles. The van der Waals surface area contributed by atoms with Crippen molar-refractivity contribution >= 4 is 22.7 Å². The number of hydrogen-bond donors (Lipinski definition) is 2. The number of aromatic amines is 1. The molecular formula is C23H29FN4O3. The molecule has 1 unspecified atom stereocenters. The highest BCUT2D eigenvalue weighted by Crippen LogP contribution is 2.27. The summed E-state index contributed by atoms with van der Waals surface area (Å²) in [5, 5.41) is 3.61. The Hall–Kier alpha value is -2.45. The van der Waals surface area contributed by atoms with Crippen LogP contribution in [-0.4, -0.2) is 77.6 Å². The summed E-state index contributed by atoms with van der Waals surface area (Å²) >= 11 is 0. The number of H-pyrrole nitrogens is 1. The monoisotopic (exact) mass is 428 g/mol. The number of piperazine rings is 1. The van der Waals surface area contributed by atoms with Crippen molar-refractivity contribution in [3.63, 3.8) is 0 Å². The minimum absolute atomic E-state index is 0.0888. The lowest BCUT2D eigenvalue weighted by Gasteiger charge is -2.47. The molecule has 166 valence electrons. The highest BCUT2D eigenvalue weighted by Gasteiger charge is 2.37. The first-order valence-corrected chi connectivity index (χ1v) is 11.2. The number of amides is 2. The number of fused-ring (bicyclic) bond motifs is 2. The van der Waals surface area contributed by atoms with Crippen LogP contribution in [0.5, 0.6) is 0 Å². The van der Waals surface area contributed by atoms with Crippen molar-refractivity contribution in [2.75, 3.05) is 32.8 Å². The van der Waals surface area contributed by atoms with Gasteiger partial charge in [-0.15, -0.1) is 0 Å². The molecule has 3 fully saturated rings. The standard InChI is InChI=1S/C23H29FN4O3/c1-14-5-6-19(24)18-10-20(26-22(14)18)23(30)25-15-3-2-4-16(9-15)27-7-8-28-17(11-27)12-31-13-21(28)29/h5-6,10,15-17,26H,2-4,7-9,11-13H2,1H3,(H,25,30)/t15-,16-,17?/m1/s1. The van der Waals surface area contributed by atoms with Gasteiger partial charge in [-0.1, -0.05) is 6.07 Å². The topological polar surface area (TPSA) is 77.7 Å². The molecule has 8 heteroatoms. The number of ether oxygens (including phenoxy) is 1. The first kappa shape index (κ1) is 20.5. The van der Waals surface area contributed by atoms with E-state index in [0.29, 0.717) is 29.2 Å². The summed E-state index contributed by atoms with van der Waals surface area (Å²) in [4.78, 5) is 32.4. The maximum atomic E-state index is 14.1. The zero-order valence-electron chi connectivity index (χ0n) is 17.8. The number of benzene rings is 1. The maximum Gasteiger partial charge on any atom is 0.267 e. The summed E-state index contributed by atoms with van der Waals surface area (Å²) in [7, 11) is 0. The smallest absolute Gasteiger partial charge is 0.267 e. The quantitative estimate of drug-likeness (QED) is 0.786. The predicted octanol–water partition coefficient (Wildman–Crippen LogP) is 2.20. The van der Waals surface area contributed by atoms with Gasteiger partial charge < -0.3 is 19.9 Å². The van der Waals surface area contributed by atoms with Crippen molar-refractivity contribution in [3.05, 3.63) is 35.3 Å². The molecule has 3 aliphatic rings. The average Bonchev–Trinajstić information content (AvgIpc) is 3.24. The summed E-state index contributed by atoms with van der Waals surface area (Å²) in [6, 6.07) is 5.36. The average molecular weight is 429 g/mol. The van der Waals surface area contributed by atoms with Gasteiger partial charge in [-0.2, -0.15) is 0 Å². The Morgan fingerprint density at radius 2 is 2.13 bits per heavy atom. The van der Waals surface area contributed by atoms with Crippen LogP contribution < -0.4 is 5.32 Å². The van der Waals surface area contributed by atoms with Crippen LogP contribution >= 0.6 is 0 Å². The van der Waals surface area contributed by atoms with Crippen LogP contribution in [0, 0.1) is 12.7 Å². The number of nitrogens with zero attached hydrogens (tertiary/aromatic N) is 2. The molecular weight excluding hydrogens is 399 g/mol. The van der Waals surface area contributed by atoms with E-state index in [1.54, 1.807) is 12.1 Å². The second kappa shape index (κ2) is 8.24. The third kappa shape index (κ3) is 3.94. The molecule has 2 amide bonds. The summed E-state index contributed by atoms with van der Waals surface area (Å²) in [5.41, 5.74) is 1.99. The molecule has 2 aromatic rings. The van der Waals surface area contributed by atoms with Gasteiger partial charge in [0.15, 0.2) is 0 Å². The normalized spacial score (nSPS) is 27.4. The van der Waals surface area contributed by atoms with Crippen molar-refractivity contribution in [1.29, 1.82) is 0 Å². The Morgan fingerprint density at radius 1 is 1.26 bits per heavy atom. The summed E-state index contributed by atoms with van der Waals surface area (Å²) in [6.07, 6.45) is 3.99. The van der Waals surface area contributed by atoms with Crippen LogP contribution in [0.15, 0.2) is 18.2 Å². The van der Waals surface area contributed by atoms with Crippen LogP contribution in [0.25, 0.3) is 10.9 Å². The highest BCUT2D eigenvalue weighted by molar-refractivity contribution is 5.99. The molecule has 2 aliphatic heterocycles. The molecule has 31 heavy (non-hydrogen) atoms. The summed E-state index contributed by atoms with van der Waals surface area (Å²) in [5.74, 6) is -0.413. The highest BCUT2D eigenvalue weighted by atomic mass is 19.1. The van der Waals surface area contributed by atoms with Gasteiger partial charge in [0.1, 0.15) is 18.1 Å².